The molecule has 0 atom stereocenters. The largest absolute Gasteiger partial charge is 0.507 e. The van der Waals surface area contributed by atoms with E-state index in [0.717, 1.165) is 27.8 Å². The molecule has 128 valence electrons. The Balaban J connectivity index is 2.34. The number of methoxy groups -OCH3 is 1. The quantitative estimate of drug-likeness (QED) is 0.677. The Morgan fingerprint density at radius 2 is 1.00 bits per heavy atom. The summed E-state index contributed by atoms with van der Waals surface area (Å²) in [5.74, 6) is 1.04. The first-order valence-corrected chi connectivity index (χ1v) is 8.19. The van der Waals surface area contributed by atoms with Gasteiger partial charge in [-0.05, 0) is 62.7 Å². The minimum absolute atomic E-state index is 0.203. The summed E-state index contributed by atoms with van der Waals surface area (Å²) in [5, 5.41) is 20.7. The molecule has 3 aromatic rings. The predicted molar refractivity (Wildman–Crippen MR) is 101 cm³/mol. The summed E-state index contributed by atoms with van der Waals surface area (Å²) < 4.78 is 5.71. The first kappa shape index (κ1) is 16.9. The van der Waals surface area contributed by atoms with Crippen LogP contribution in [0.15, 0.2) is 48.5 Å². The normalized spacial score (nSPS) is 10.7. The highest BCUT2D eigenvalue weighted by molar-refractivity contribution is 5.87. The van der Waals surface area contributed by atoms with Gasteiger partial charge in [-0.2, -0.15) is 0 Å². The number of hydrogen-bond donors (Lipinski definition) is 2. The third-order valence-corrected chi connectivity index (χ3v) is 4.32. The first-order chi connectivity index (χ1) is 11.9. The molecule has 0 aromatic heterocycles. The van der Waals surface area contributed by atoms with E-state index in [9.17, 15) is 10.2 Å². The van der Waals surface area contributed by atoms with E-state index in [2.05, 4.69) is 0 Å². The van der Waals surface area contributed by atoms with E-state index in [-0.39, 0.29) is 11.5 Å². The zero-order chi connectivity index (χ0) is 18.1. The van der Waals surface area contributed by atoms with Gasteiger partial charge in [0.25, 0.3) is 0 Å². The van der Waals surface area contributed by atoms with Crippen molar-refractivity contribution in [2.75, 3.05) is 7.11 Å². The number of rotatable bonds is 3. The Hall–Kier alpha value is -2.94. The lowest BCUT2D eigenvalue weighted by Crippen LogP contribution is -1.95. The summed E-state index contributed by atoms with van der Waals surface area (Å²) in [6.45, 7) is 5.96. The molecule has 0 bridgehead atoms. The average Bonchev–Trinajstić information content (AvgIpc) is 2.58. The number of hydrogen-bond acceptors (Lipinski definition) is 3. The smallest absolute Gasteiger partial charge is 0.134 e. The molecule has 0 heterocycles. The average molecular weight is 334 g/mol. The van der Waals surface area contributed by atoms with Crippen molar-refractivity contribution >= 4 is 0 Å². The standard InChI is InChI=1S/C22H22O3/c1-13-5-7-20(23)16(9-13)18-11-15(3)12-19(22(18)25-4)17-10-14(2)6-8-21(17)24/h5-12,23-24H,1-4H3. The molecule has 0 radical (unpaired) electrons. The lowest BCUT2D eigenvalue weighted by atomic mass is 9.92. The second-order valence-corrected chi connectivity index (χ2v) is 6.43. The molecule has 2 N–H and O–H groups in total. The van der Waals surface area contributed by atoms with Crippen LogP contribution in [-0.4, -0.2) is 17.3 Å². The molecule has 3 aromatic carbocycles. The number of phenolic OH excluding ortho intramolecular Hbond substituents is 2. The van der Waals surface area contributed by atoms with Gasteiger partial charge in [0.2, 0.25) is 0 Å². The fraction of sp³-hybridized carbons (Fsp3) is 0.182. The summed E-state index contributed by atoms with van der Waals surface area (Å²) in [7, 11) is 1.61. The summed E-state index contributed by atoms with van der Waals surface area (Å²) in [5.41, 5.74) is 6.17. The SMILES string of the molecule is COc1c(-c2cc(C)ccc2O)cc(C)cc1-c1cc(C)ccc1O. The molecule has 0 unspecified atom stereocenters. The molecule has 0 aliphatic heterocycles. The van der Waals surface area contributed by atoms with E-state index < -0.39 is 0 Å². The van der Waals surface area contributed by atoms with Gasteiger partial charge < -0.3 is 14.9 Å². The van der Waals surface area contributed by atoms with Crippen molar-refractivity contribution in [1.29, 1.82) is 0 Å². The van der Waals surface area contributed by atoms with Crippen LogP contribution in [-0.2, 0) is 0 Å². The summed E-state index contributed by atoms with van der Waals surface area (Å²) in [6, 6.07) is 15.0. The Morgan fingerprint density at radius 3 is 1.40 bits per heavy atom. The van der Waals surface area contributed by atoms with Crippen LogP contribution in [0.1, 0.15) is 16.7 Å². The molecule has 3 heteroatoms. The van der Waals surface area contributed by atoms with Crippen LogP contribution in [0, 0.1) is 20.8 Å². The predicted octanol–water partition coefficient (Wildman–Crippen LogP) is 5.37. The van der Waals surface area contributed by atoms with Crippen molar-refractivity contribution in [1.82, 2.24) is 0 Å². The highest BCUT2D eigenvalue weighted by atomic mass is 16.5. The topological polar surface area (TPSA) is 49.7 Å². The molecule has 0 saturated carbocycles. The minimum atomic E-state index is 0.203. The van der Waals surface area contributed by atoms with Crippen molar-refractivity contribution in [3.8, 4) is 39.5 Å². The van der Waals surface area contributed by atoms with Crippen molar-refractivity contribution in [2.45, 2.75) is 20.8 Å². The maximum Gasteiger partial charge on any atom is 0.134 e. The van der Waals surface area contributed by atoms with Crippen molar-refractivity contribution in [3.63, 3.8) is 0 Å². The van der Waals surface area contributed by atoms with Crippen molar-refractivity contribution in [3.05, 3.63) is 65.2 Å². The van der Waals surface area contributed by atoms with Crippen LogP contribution >= 0.6 is 0 Å². The highest BCUT2D eigenvalue weighted by Gasteiger charge is 2.18. The maximum atomic E-state index is 10.4. The third-order valence-electron chi connectivity index (χ3n) is 4.32. The van der Waals surface area contributed by atoms with E-state index in [1.807, 2.05) is 57.2 Å². The number of benzene rings is 3. The molecule has 0 amide bonds. The second-order valence-electron chi connectivity index (χ2n) is 6.43. The van der Waals surface area contributed by atoms with Gasteiger partial charge in [-0.3, -0.25) is 0 Å². The van der Waals surface area contributed by atoms with Crippen LogP contribution in [0.2, 0.25) is 0 Å². The number of ether oxygens (including phenoxy) is 1. The molecule has 0 aliphatic carbocycles. The van der Waals surface area contributed by atoms with E-state index in [0.29, 0.717) is 16.9 Å². The second kappa shape index (κ2) is 6.52. The molecule has 0 saturated heterocycles. The van der Waals surface area contributed by atoms with Crippen LogP contribution in [0.4, 0.5) is 0 Å². The summed E-state index contributed by atoms with van der Waals surface area (Å²) in [6.07, 6.45) is 0. The van der Waals surface area contributed by atoms with Crippen LogP contribution in [0.5, 0.6) is 17.2 Å². The van der Waals surface area contributed by atoms with Gasteiger partial charge >= 0.3 is 0 Å². The molecule has 0 aliphatic rings. The van der Waals surface area contributed by atoms with Gasteiger partial charge in [0.05, 0.1) is 7.11 Å². The third kappa shape index (κ3) is 3.18. The Kier molecular flexibility index (Phi) is 4.41. The lowest BCUT2D eigenvalue weighted by molar-refractivity contribution is 0.416. The monoisotopic (exact) mass is 334 g/mol. The lowest BCUT2D eigenvalue weighted by Gasteiger charge is -2.17. The molecular formula is C22H22O3. The number of phenols is 2. The Bertz CT molecular complexity index is 869. The van der Waals surface area contributed by atoms with E-state index >= 15 is 0 Å². The van der Waals surface area contributed by atoms with Gasteiger partial charge in [0, 0.05) is 22.3 Å². The molecular weight excluding hydrogens is 312 g/mol. The minimum Gasteiger partial charge on any atom is -0.507 e. The molecule has 3 rings (SSSR count). The summed E-state index contributed by atoms with van der Waals surface area (Å²) in [4.78, 5) is 0. The Morgan fingerprint density at radius 1 is 0.600 bits per heavy atom. The zero-order valence-corrected chi connectivity index (χ0v) is 14.9. The number of aromatic hydroxyl groups is 2. The van der Waals surface area contributed by atoms with Gasteiger partial charge in [-0.1, -0.05) is 23.3 Å². The molecule has 25 heavy (non-hydrogen) atoms. The van der Waals surface area contributed by atoms with Gasteiger partial charge in [-0.15, -0.1) is 0 Å². The van der Waals surface area contributed by atoms with Crippen molar-refractivity contribution in [2.24, 2.45) is 0 Å². The van der Waals surface area contributed by atoms with Crippen LogP contribution < -0.4 is 4.74 Å². The highest BCUT2D eigenvalue weighted by Crippen LogP contribution is 2.45. The first-order valence-electron chi connectivity index (χ1n) is 8.19. The fourth-order valence-electron chi connectivity index (χ4n) is 3.12. The summed E-state index contributed by atoms with van der Waals surface area (Å²) >= 11 is 0. The van der Waals surface area contributed by atoms with Gasteiger partial charge in [0.15, 0.2) is 0 Å². The van der Waals surface area contributed by atoms with E-state index in [1.165, 1.54) is 0 Å². The van der Waals surface area contributed by atoms with Gasteiger partial charge in [-0.25, -0.2) is 0 Å². The fourth-order valence-corrected chi connectivity index (χ4v) is 3.12. The van der Waals surface area contributed by atoms with E-state index in [1.54, 1.807) is 19.2 Å². The van der Waals surface area contributed by atoms with Gasteiger partial charge in [0.1, 0.15) is 17.2 Å². The zero-order valence-electron chi connectivity index (χ0n) is 14.9. The van der Waals surface area contributed by atoms with Crippen LogP contribution in [0.3, 0.4) is 0 Å². The molecule has 0 spiro atoms. The number of aryl methyl sites for hydroxylation is 3. The van der Waals surface area contributed by atoms with E-state index in [4.69, 9.17) is 4.74 Å². The molecule has 3 nitrogen and oxygen atoms in total. The van der Waals surface area contributed by atoms with Crippen LogP contribution in [0.25, 0.3) is 22.3 Å². The Labute approximate surface area is 148 Å². The maximum absolute atomic E-state index is 10.4. The molecule has 0 fully saturated rings. The van der Waals surface area contributed by atoms with Crippen molar-refractivity contribution < 1.29 is 14.9 Å².